The van der Waals surface area contributed by atoms with Crippen molar-refractivity contribution >= 4 is 39.0 Å². The molecule has 0 aliphatic carbocycles. The van der Waals surface area contributed by atoms with Crippen LogP contribution in [0.25, 0.3) is 11.1 Å². The van der Waals surface area contributed by atoms with E-state index in [9.17, 15) is 12.8 Å². The summed E-state index contributed by atoms with van der Waals surface area (Å²) in [5.74, 6) is -0.366. The molecule has 26 heavy (non-hydrogen) atoms. The summed E-state index contributed by atoms with van der Waals surface area (Å²) in [5.41, 5.74) is 2.02. The highest BCUT2D eigenvalue weighted by atomic mass is 35.5. The topological polar surface area (TPSA) is 59.1 Å². The van der Waals surface area contributed by atoms with E-state index < -0.39 is 15.8 Å². The predicted molar refractivity (Wildman–Crippen MR) is 102 cm³/mol. The molecular weight excluding hydrogens is 398 g/mol. The lowest BCUT2D eigenvalue weighted by molar-refractivity contribution is 0.599. The quantitative estimate of drug-likeness (QED) is 0.634. The van der Waals surface area contributed by atoms with Gasteiger partial charge in [-0.1, -0.05) is 35.3 Å². The van der Waals surface area contributed by atoms with Crippen LogP contribution in [-0.2, 0) is 10.0 Å². The Hall–Kier alpha value is -2.15. The fourth-order valence-corrected chi connectivity index (χ4v) is 3.83. The Morgan fingerprint density at radius 2 is 1.65 bits per heavy atom. The third-order valence-corrected chi connectivity index (χ3v) is 5.88. The maximum Gasteiger partial charge on any atom is 0.263 e. The highest BCUT2D eigenvalue weighted by molar-refractivity contribution is 7.92. The third kappa shape index (κ3) is 3.82. The van der Waals surface area contributed by atoms with Gasteiger partial charge in [-0.25, -0.2) is 17.8 Å². The molecule has 0 unspecified atom stereocenters. The van der Waals surface area contributed by atoms with E-state index in [1.165, 1.54) is 18.2 Å². The van der Waals surface area contributed by atoms with Crippen molar-refractivity contribution < 1.29 is 12.8 Å². The molecule has 4 nitrogen and oxygen atoms in total. The second kappa shape index (κ2) is 7.23. The summed E-state index contributed by atoms with van der Waals surface area (Å²) in [6, 6.07) is 13.0. The number of rotatable bonds is 4. The highest BCUT2D eigenvalue weighted by Gasteiger charge is 2.16. The van der Waals surface area contributed by atoms with Gasteiger partial charge in [0, 0.05) is 16.8 Å². The van der Waals surface area contributed by atoms with Gasteiger partial charge in [0.1, 0.15) is 11.6 Å². The number of aromatic nitrogens is 1. The van der Waals surface area contributed by atoms with Crippen molar-refractivity contribution in [2.24, 2.45) is 0 Å². The summed E-state index contributed by atoms with van der Waals surface area (Å²) >= 11 is 12.3. The van der Waals surface area contributed by atoms with E-state index in [2.05, 4.69) is 9.71 Å². The first-order valence-electron chi connectivity index (χ1n) is 7.48. The summed E-state index contributed by atoms with van der Waals surface area (Å²) in [6.45, 7) is 1.74. The van der Waals surface area contributed by atoms with Crippen LogP contribution in [0, 0.1) is 12.7 Å². The molecule has 1 heterocycles. The zero-order chi connectivity index (χ0) is 18.9. The molecule has 0 fully saturated rings. The Morgan fingerprint density at radius 1 is 0.962 bits per heavy atom. The van der Waals surface area contributed by atoms with Crippen LogP contribution in [0.4, 0.5) is 10.2 Å². The molecule has 1 N–H and O–H groups in total. The molecule has 0 aliphatic heterocycles. The van der Waals surface area contributed by atoms with Crippen LogP contribution in [0.5, 0.6) is 0 Å². The minimum Gasteiger partial charge on any atom is -0.263 e. The molecule has 0 aliphatic rings. The normalized spacial score (nSPS) is 11.4. The number of pyridine rings is 1. The monoisotopic (exact) mass is 410 g/mol. The van der Waals surface area contributed by atoms with Crippen LogP contribution in [0.2, 0.25) is 10.0 Å². The van der Waals surface area contributed by atoms with Gasteiger partial charge in [-0.2, -0.15) is 0 Å². The Kier molecular flexibility index (Phi) is 5.18. The predicted octanol–water partition coefficient (Wildman–Crippen LogP) is 5.30. The van der Waals surface area contributed by atoms with Gasteiger partial charge < -0.3 is 0 Å². The maximum atomic E-state index is 13.0. The number of nitrogens with one attached hydrogen (secondary N) is 1. The number of hydrogen-bond donors (Lipinski definition) is 1. The first-order chi connectivity index (χ1) is 12.3. The molecule has 0 spiro atoms. The number of anilines is 1. The molecule has 2 aromatic carbocycles. The van der Waals surface area contributed by atoms with Crippen LogP contribution < -0.4 is 4.72 Å². The molecule has 0 amide bonds. The molecule has 0 radical (unpaired) electrons. The minimum absolute atomic E-state index is 0.0553. The van der Waals surface area contributed by atoms with Crippen molar-refractivity contribution in [3.05, 3.63) is 76.2 Å². The number of benzene rings is 2. The van der Waals surface area contributed by atoms with Crippen LogP contribution in [0.1, 0.15) is 5.69 Å². The molecule has 3 aromatic rings. The number of sulfonamides is 1. The van der Waals surface area contributed by atoms with Gasteiger partial charge in [-0.15, -0.1) is 0 Å². The van der Waals surface area contributed by atoms with Crippen molar-refractivity contribution in [2.75, 3.05) is 4.72 Å². The van der Waals surface area contributed by atoms with E-state index >= 15 is 0 Å². The van der Waals surface area contributed by atoms with Crippen LogP contribution >= 0.6 is 23.2 Å². The van der Waals surface area contributed by atoms with E-state index in [0.29, 0.717) is 21.3 Å². The van der Waals surface area contributed by atoms with Gasteiger partial charge in [-0.05, 0) is 49.4 Å². The summed E-state index contributed by atoms with van der Waals surface area (Å²) in [7, 11) is -3.87. The van der Waals surface area contributed by atoms with E-state index in [-0.39, 0.29) is 10.7 Å². The molecule has 0 saturated carbocycles. The number of nitrogens with zero attached hydrogens (tertiary/aromatic N) is 1. The SMILES string of the molecule is Cc1nc(NS(=O)(=O)c2ccc(F)cc2)ccc1-c1cccc(Cl)c1Cl. The van der Waals surface area contributed by atoms with Crippen LogP contribution in [0.15, 0.2) is 59.5 Å². The minimum atomic E-state index is -3.87. The Bertz CT molecular complexity index is 1070. The zero-order valence-electron chi connectivity index (χ0n) is 13.5. The summed E-state index contributed by atoms with van der Waals surface area (Å²) in [6.07, 6.45) is 0. The van der Waals surface area contributed by atoms with Gasteiger partial charge in [-0.3, -0.25) is 4.72 Å². The average Bonchev–Trinajstić information content (AvgIpc) is 2.58. The van der Waals surface area contributed by atoms with Gasteiger partial charge in [0.15, 0.2) is 0 Å². The first kappa shape index (κ1) is 18.6. The first-order valence-corrected chi connectivity index (χ1v) is 9.72. The lowest BCUT2D eigenvalue weighted by Gasteiger charge is -2.12. The molecular formula is C18H13Cl2FN2O2S. The van der Waals surface area contributed by atoms with E-state index in [1.807, 2.05) is 0 Å². The van der Waals surface area contributed by atoms with E-state index in [0.717, 1.165) is 17.7 Å². The lowest BCUT2D eigenvalue weighted by atomic mass is 10.0. The smallest absolute Gasteiger partial charge is 0.263 e. The van der Waals surface area contributed by atoms with E-state index in [1.54, 1.807) is 31.2 Å². The fraction of sp³-hybridized carbons (Fsp3) is 0.0556. The second-order valence-electron chi connectivity index (χ2n) is 5.49. The molecule has 0 saturated heterocycles. The Balaban J connectivity index is 1.93. The summed E-state index contributed by atoms with van der Waals surface area (Å²) < 4.78 is 40.1. The van der Waals surface area contributed by atoms with Gasteiger partial charge in [0.25, 0.3) is 10.0 Å². The third-order valence-electron chi connectivity index (χ3n) is 3.69. The van der Waals surface area contributed by atoms with E-state index in [4.69, 9.17) is 23.2 Å². The van der Waals surface area contributed by atoms with Crippen molar-refractivity contribution in [1.29, 1.82) is 0 Å². The second-order valence-corrected chi connectivity index (χ2v) is 7.96. The Morgan fingerprint density at radius 3 is 2.31 bits per heavy atom. The van der Waals surface area contributed by atoms with Gasteiger partial charge >= 0.3 is 0 Å². The van der Waals surface area contributed by atoms with Gasteiger partial charge in [0.2, 0.25) is 0 Å². The van der Waals surface area contributed by atoms with Gasteiger partial charge in [0.05, 0.1) is 14.9 Å². The number of aryl methyl sites for hydroxylation is 1. The molecule has 8 heteroatoms. The highest BCUT2D eigenvalue weighted by Crippen LogP contribution is 2.35. The summed E-state index contributed by atoms with van der Waals surface area (Å²) in [4.78, 5) is 4.23. The maximum absolute atomic E-state index is 13.0. The standard InChI is InChI=1S/C18H13Cl2FN2O2S/c1-11-14(15-3-2-4-16(19)18(15)20)9-10-17(22-11)23-26(24,25)13-7-5-12(21)6-8-13/h2-10H,1H3,(H,22,23). The molecule has 134 valence electrons. The summed E-state index contributed by atoms with van der Waals surface area (Å²) in [5, 5.41) is 0.823. The van der Waals surface area contributed by atoms with Crippen molar-refractivity contribution in [2.45, 2.75) is 11.8 Å². The Labute approximate surface area is 160 Å². The molecule has 0 atom stereocenters. The number of hydrogen-bond acceptors (Lipinski definition) is 3. The molecule has 3 rings (SSSR count). The molecule has 1 aromatic heterocycles. The van der Waals surface area contributed by atoms with Crippen LogP contribution in [-0.4, -0.2) is 13.4 Å². The van der Waals surface area contributed by atoms with Crippen molar-refractivity contribution in [3.63, 3.8) is 0 Å². The van der Waals surface area contributed by atoms with Crippen molar-refractivity contribution in [3.8, 4) is 11.1 Å². The fourth-order valence-electron chi connectivity index (χ4n) is 2.42. The average molecular weight is 411 g/mol. The molecule has 0 bridgehead atoms. The number of halogens is 3. The zero-order valence-corrected chi connectivity index (χ0v) is 15.8. The van der Waals surface area contributed by atoms with Crippen LogP contribution in [0.3, 0.4) is 0 Å². The van der Waals surface area contributed by atoms with Crippen molar-refractivity contribution in [1.82, 2.24) is 4.98 Å². The largest absolute Gasteiger partial charge is 0.263 e. The lowest BCUT2D eigenvalue weighted by Crippen LogP contribution is -2.14.